The molecule has 3 rings (SSSR count). The first-order valence-corrected chi connectivity index (χ1v) is 8.31. The number of likely N-dealkylation sites (tertiary alicyclic amines) is 1. The second-order valence-electron chi connectivity index (χ2n) is 6.61. The minimum absolute atomic E-state index is 0.656. The van der Waals surface area contributed by atoms with Crippen LogP contribution in [0.25, 0.3) is 0 Å². The van der Waals surface area contributed by atoms with Crippen molar-refractivity contribution in [3.63, 3.8) is 0 Å². The molecule has 1 N–H and O–H groups in total. The van der Waals surface area contributed by atoms with Crippen molar-refractivity contribution in [1.82, 2.24) is 10.2 Å². The number of rotatable bonds is 5. The van der Waals surface area contributed by atoms with E-state index < -0.39 is 0 Å². The average Bonchev–Trinajstić information content (AvgIpc) is 3.27. The van der Waals surface area contributed by atoms with Gasteiger partial charge in [-0.3, -0.25) is 0 Å². The molecule has 0 bridgehead atoms. The molecule has 0 amide bonds. The molecule has 4 unspecified atom stereocenters. The Hall–Kier alpha value is -0.860. The first kappa shape index (κ1) is 14.1. The molecule has 2 aliphatic rings. The fraction of sp³-hybridized carbons (Fsp3) is 0.667. The average molecular weight is 272 g/mol. The maximum atomic E-state index is 3.89. The van der Waals surface area contributed by atoms with Gasteiger partial charge in [-0.2, -0.15) is 0 Å². The molecule has 2 heteroatoms. The Balaban J connectivity index is 1.49. The van der Waals surface area contributed by atoms with Gasteiger partial charge in [0, 0.05) is 24.5 Å². The molecule has 0 spiro atoms. The second kappa shape index (κ2) is 6.28. The Morgan fingerprint density at radius 1 is 1.30 bits per heavy atom. The zero-order chi connectivity index (χ0) is 13.9. The minimum Gasteiger partial charge on any atom is -0.311 e. The number of hydrogen-bond donors (Lipinski definition) is 1. The molecule has 20 heavy (non-hydrogen) atoms. The van der Waals surface area contributed by atoms with Crippen LogP contribution in [0.3, 0.4) is 0 Å². The standard InChI is InChI=1S/C18H28N2/c1-3-20-11-7-10-16(13-20)14(2)19-18-12-17(18)15-8-5-4-6-9-15/h4-6,8-9,14,16-19H,3,7,10-13H2,1-2H3. The SMILES string of the molecule is CCN1CCCC(C(C)NC2CC2c2ccccc2)C1. The summed E-state index contributed by atoms with van der Waals surface area (Å²) in [4.78, 5) is 2.61. The van der Waals surface area contributed by atoms with E-state index in [9.17, 15) is 0 Å². The summed E-state index contributed by atoms with van der Waals surface area (Å²) in [6.45, 7) is 8.47. The van der Waals surface area contributed by atoms with Crippen LogP contribution in [0, 0.1) is 5.92 Å². The van der Waals surface area contributed by atoms with Gasteiger partial charge in [0.25, 0.3) is 0 Å². The fourth-order valence-electron chi connectivity index (χ4n) is 3.71. The number of hydrogen-bond acceptors (Lipinski definition) is 2. The van der Waals surface area contributed by atoms with Crippen molar-refractivity contribution in [1.29, 1.82) is 0 Å². The molecule has 110 valence electrons. The van der Waals surface area contributed by atoms with E-state index >= 15 is 0 Å². The lowest BCUT2D eigenvalue weighted by Gasteiger charge is -2.35. The van der Waals surface area contributed by atoms with E-state index in [-0.39, 0.29) is 0 Å². The Labute approximate surface area is 123 Å². The molecular formula is C18H28N2. The van der Waals surface area contributed by atoms with E-state index in [4.69, 9.17) is 0 Å². The van der Waals surface area contributed by atoms with Crippen LogP contribution in [0.15, 0.2) is 30.3 Å². The van der Waals surface area contributed by atoms with Gasteiger partial charge in [0.2, 0.25) is 0 Å². The molecule has 0 aromatic heterocycles. The molecule has 1 saturated carbocycles. The van der Waals surface area contributed by atoms with Crippen molar-refractivity contribution in [2.24, 2.45) is 5.92 Å². The molecule has 1 aromatic rings. The lowest BCUT2D eigenvalue weighted by molar-refractivity contribution is 0.156. The van der Waals surface area contributed by atoms with Crippen molar-refractivity contribution in [3.05, 3.63) is 35.9 Å². The van der Waals surface area contributed by atoms with Gasteiger partial charge >= 0.3 is 0 Å². The summed E-state index contributed by atoms with van der Waals surface area (Å²) in [7, 11) is 0. The maximum absolute atomic E-state index is 3.89. The van der Waals surface area contributed by atoms with E-state index in [0.29, 0.717) is 12.1 Å². The normalized spacial score (nSPS) is 32.0. The summed E-state index contributed by atoms with van der Waals surface area (Å²) < 4.78 is 0. The third-order valence-corrected chi connectivity index (χ3v) is 5.19. The molecule has 4 atom stereocenters. The number of nitrogens with zero attached hydrogens (tertiary/aromatic N) is 1. The predicted molar refractivity (Wildman–Crippen MR) is 85.0 cm³/mol. The van der Waals surface area contributed by atoms with Crippen molar-refractivity contribution in [2.45, 2.75) is 51.1 Å². The van der Waals surface area contributed by atoms with Gasteiger partial charge < -0.3 is 10.2 Å². The summed E-state index contributed by atoms with van der Waals surface area (Å²) in [5, 5.41) is 3.89. The molecule has 1 aromatic carbocycles. The minimum atomic E-state index is 0.656. The number of piperidine rings is 1. The van der Waals surface area contributed by atoms with Crippen LogP contribution in [0.1, 0.15) is 44.6 Å². The molecule has 1 aliphatic heterocycles. The van der Waals surface area contributed by atoms with Crippen LogP contribution in [-0.4, -0.2) is 36.6 Å². The van der Waals surface area contributed by atoms with Gasteiger partial charge in [-0.15, -0.1) is 0 Å². The summed E-state index contributed by atoms with van der Waals surface area (Å²) in [5.74, 6) is 1.59. The molecule has 1 heterocycles. The zero-order valence-electron chi connectivity index (χ0n) is 12.9. The Morgan fingerprint density at radius 3 is 2.85 bits per heavy atom. The highest BCUT2D eigenvalue weighted by Gasteiger charge is 2.39. The zero-order valence-corrected chi connectivity index (χ0v) is 12.9. The second-order valence-corrected chi connectivity index (χ2v) is 6.61. The Bertz CT molecular complexity index is 417. The molecule has 2 fully saturated rings. The first-order valence-electron chi connectivity index (χ1n) is 8.31. The van der Waals surface area contributed by atoms with Crippen molar-refractivity contribution < 1.29 is 0 Å². The summed E-state index contributed by atoms with van der Waals surface area (Å²) in [5.41, 5.74) is 1.51. The van der Waals surface area contributed by atoms with E-state index in [1.54, 1.807) is 0 Å². The topological polar surface area (TPSA) is 15.3 Å². The smallest absolute Gasteiger partial charge is 0.0145 e. The highest BCUT2D eigenvalue weighted by atomic mass is 15.1. The lowest BCUT2D eigenvalue weighted by Crippen LogP contribution is -2.45. The lowest BCUT2D eigenvalue weighted by atomic mass is 9.91. The fourth-order valence-corrected chi connectivity index (χ4v) is 3.71. The molecular weight excluding hydrogens is 244 g/mol. The highest BCUT2D eigenvalue weighted by molar-refractivity contribution is 5.27. The van der Waals surface area contributed by atoms with Crippen LogP contribution in [0.2, 0.25) is 0 Å². The number of nitrogens with one attached hydrogen (secondary N) is 1. The maximum Gasteiger partial charge on any atom is 0.0145 e. The monoisotopic (exact) mass is 272 g/mol. The van der Waals surface area contributed by atoms with Crippen LogP contribution in [-0.2, 0) is 0 Å². The van der Waals surface area contributed by atoms with E-state index in [0.717, 1.165) is 11.8 Å². The Kier molecular flexibility index (Phi) is 4.42. The van der Waals surface area contributed by atoms with Crippen molar-refractivity contribution in [3.8, 4) is 0 Å². The Morgan fingerprint density at radius 2 is 2.10 bits per heavy atom. The van der Waals surface area contributed by atoms with Gasteiger partial charge in [-0.1, -0.05) is 37.3 Å². The quantitative estimate of drug-likeness (QED) is 0.885. The van der Waals surface area contributed by atoms with Gasteiger partial charge in [0.1, 0.15) is 0 Å². The third-order valence-electron chi connectivity index (χ3n) is 5.19. The van der Waals surface area contributed by atoms with Crippen molar-refractivity contribution >= 4 is 0 Å². The van der Waals surface area contributed by atoms with E-state index in [2.05, 4.69) is 54.4 Å². The first-order chi connectivity index (χ1) is 9.78. The predicted octanol–water partition coefficient (Wildman–Crippen LogP) is 3.25. The molecule has 2 nitrogen and oxygen atoms in total. The summed E-state index contributed by atoms with van der Waals surface area (Å²) in [6.07, 6.45) is 4.09. The summed E-state index contributed by atoms with van der Waals surface area (Å²) in [6, 6.07) is 12.3. The van der Waals surface area contributed by atoms with Gasteiger partial charge in [-0.05, 0) is 50.8 Å². The van der Waals surface area contributed by atoms with Crippen LogP contribution < -0.4 is 5.32 Å². The van der Waals surface area contributed by atoms with Gasteiger partial charge in [0.15, 0.2) is 0 Å². The highest BCUT2D eigenvalue weighted by Crippen LogP contribution is 2.41. The van der Waals surface area contributed by atoms with Crippen LogP contribution in [0.4, 0.5) is 0 Å². The van der Waals surface area contributed by atoms with Crippen LogP contribution in [0.5, 0.6) is 0 Å². The van der Waals surface area contributed by atoms with Crippen molar-refractivity contribution in [2.75, 3.05) is 19.6 Å². The third kappa shape index (κ3) is 3.24. The largest absolute Gasteiger partial charge is 0.311 e. The molecule has 0 radical (unpaired) electrons. The van der Waals surface area contributed by atoms with Crippen LogP contribution >= 0.6 is 0 Å². The molecule has 1 aliphatic carbocycles. The van der Waals surface area contributed by atoms with E-state index in [1.165, 1.54) is 44.5 Å². The number of benzene rings is 1. The van der Waals surface area contributed by atoms with Gasteiger partial charge in [-0.25, -0.2) is 0 Å². The van der Waals surface area contributed by atoms with E-state index in [1.807, 2.05) is 0 Å². The summed E-state index contributed by atoms with van der Waals surface area (Å²) >= 11 is 0. The van der Waals surface area contributed by atoms with Gasteiger partial charge in [0.05, 0.1) is 0 Å². The molecule has 1 saturated heterocycles.